The van der Waals surface area contributed by atoms with E-state index in [0.717, 1.165) is 0 Å². The number of hydrogen-bond donors (Lipinski definition) is 1. The van der Waals surface area contributed by atoms with Gasteiger partial charge in [-0.2, -0.15) is 0 Å². The molecule has 0 saturated carbocycles. The summed E-state index contributed by atoms with van der Waals surface area (Å²) in [6.45, 7) is 0. The number of ketones is 2. The average Bonchev–Trinajstić information content (AvgIpc) is 2.71. The number of aromatic nitrogens is 1. The summed E-state index contributed by atoms with van der Waals surface area (Å²) in [4.78, 5) is 39.5. The number of fused-ring (bicyclic) bond motifs is 1. The van der Waals surface area contributed by atoms with Gasteiger partial charge in [-0.3, -0.25) is 14.6 Å². The van der Waals surface area contributed by atoms with Gasteiger partial charge in [0, 0.05) is 23.5 Å². The lowest BCUT2D eigenvalue weighted by atomic mass is 9.96. The molecule has 98 valence electrons. The lowest BCUT2D eigenvalue weighted by Gasteiger charge is -2.05. The van der Waals surface area contributed by atoms with Gasteiger partial charge in [0.05, 0.1) is 5.56 Å². The molecule has 1 atom stereocenters. The molecule has 0 radical (unpaired) electrons. The summed E-state index contributed by atoms with van der Waals surface area (Å²) in [5.41, 5.74) is 0.963. The maximum Gasteiger partial charge on any atom is 0.335 e. The van der Waals surface area contributed by atoms with Crippen LogP contribution in [0.1, 0.15) is 42.6 Å². The van der Waals surface area contributed by atoms with E-state index in [2.05, 4.69) is 4.98 Å². The first-order valence-electron chi connectivity index (χ1n) is 5.95. The molecule has 0 aliphatic heterocycles. The first kappa shape index (κ1) is 12.2. The molecule has 0 saturated heterocycles. The average molecular weight is 267 g/mol. The van der Waals surface area contributed by atoms with Crippen molar-refractivity contribution in [3.05, 3.63) is 65.0 Å². The van der Waals surface area contributed by atoms with Crippen LogP contribution in [-0.4, -0.2) is 27.6 Å². The van der Waals surface area contributed by atoms with Crippen molar-refractivity contribution in [3.63, 3.8) is 0 Å². The zero-order valence-corrected chi connectivity index (χ0v) is 10.2. The van der Waals surface area contributed by atoms with Gasteiger partial charge >= 0.3 is 5.97 Å². The second kappa shape index (κ2) is 4.38. The van der Waals surface area contributed by atoms with Gasteiger partial charge in [0.25, 0.3) is 0 Å². The highest BCUT2D eigenvalue weighted by molar-refractivity contribution is 6.30. The number of carbonyl (C=O) groups excluding carboxylic acids is 2. The number of carboxylic acids is 1. The van der Waals surface area contributed by atoms with Gasteiger partial charge < -0.3 is 5.11 Å². The Morgan fingerprint density at radius 3 is 2.50 bits per heavy atom. The van der Waals surface area contributed by atoms with Gasteiger partial charge in [0.2, 0.25) is 0 Å². The summed E-state index contributed by atoms with van der Waals surface area (Å²) in [6, 6.07) is 7.31. The molecule has 1 aliphatic rings. The maximum absolute atomic E-state index is 12.3. The van der Waals surface area contributed by atoms with Crippen LogP contribution < -0.4 is 0 Å². The van der Waals surface area contributed by atoms with Crippen LogP contribution in [0, 0.1) is 0 Å². The number of aromatic carboxylic acids is 1. The van der Waals surface area contributed by atoms with Crippen molar-refractivity contribution in [3.8, 4) is 0 Å². The molecule has 1 heterocycles. The Morgan fingerprint density at radius 1 is 1.10 bits per heavy atom. The largest absolute Gasteiger partial charge is 0.478 e. The van der Waals surface area contributed by atoms with Crippen molar-refractivity contribution in [2.45, 2.75) is 5.92 Å². The number of Topliss-reactive ketones (excluding diaryl/α,β-unsaturated/α-hetero) is 2. The Hall–Kier alpha value is -2.82. The summed E-state index contributed by atoms with van der Waals surface area (Å²) in [7, 11) is 0. The molecule has 0 amide bonds. The van der Waals surface area contributed by atoms with E-state index in [4.69, 9.17) is 5.11 Å². The van der Waals surface area contributed by atoms with E-state index in [0.29, 0.717) is 5.56 Å². The lowest BCUT2D eigenvalue weighted by molar-refractivity contribution is 0.0696. The highest BCUT2D eigenvalue weighted by atomic mass is 16.4. The first-order chi connectivity index (χ1) is 9.59. The zero-order valence-electron chi connectivity index (χ0n) is 10.2. The predicted molar refractivity (Wildman–Crippen MR) is 69.0 cm³/mol. The summed E-state index contributed by atoms with van der Waals surface area (Å²) >= 11 is 0. The number of rotatable bonds is 2. The molecule has 3 rings (SSSR count). The van der Waals surface area contributed by atoms with Gasteiger partial charge in [0.15, 0.2) is 11.6 Å². The second-order valence-electron chi connectivity index (χ2n) is 4.51. The SMILES string of the molecule is O=C(O)c1ccc2c(c1)C(=O)C(c1cccnc1)C2=O. The van der Waals surface area contributed by atoms with Crippen molar-refractivity contribution in [1.82, 2.24) is 4.98 Å². The van der Waals surface area contributed by atoms with Gasteiger partial charge in [0.1, 0.15) is 5.92 Å². The number of hydrogen-bond acceptors (Lipinski definition) is 4. The molecular formula is C15H9NO4. The topological polar surface area (TPSA) is 84.3 Å². The lowest BCUT2D eigenvalue weighted by Crippen LogP contribution is -2.12. The minimum Gasteiger partial charge on any atom is -0.478 e. The quantitative estimate of drug-likeness (QED) is 0.840. The van der Waals surface area contributed by atoms with Crippen LogP contribution in [0.3, 0.4) is 0 Å². The Bertz CT molecular complexity index is 737. The smallest absolute Gasteiger partial charge is 0.335 e. The third-order valence-electron chi connectivity index (χ3n) is 3.34. The Kier molecular flexibility index (Phi) is 2.68. The fourth-order valence-corrected chi connectivity index (χ4v) is 2.38. The molecule has 1 unspecified atom stereocenters. The fraction of sp³-hybridized carbons (Fsp3) is 0.0667. The minimum atomic E-state index is -1.13. The summed E-state index contributed by atoms with van der Waals surface area (Å²) in [6.07, 6.45) is 3.04. The zero-order chi connectivity index (χ0) is 14.3. The first-order valence-corrected chi connectivity index (χ1v) is 5.95. The van der Waals surface area contributed by atoms with Crippen molar-refractivity contribution in [1.29, 1.82) is 0 Å². The molecular weight excluding hydrogens is 258 g/mol. The Labute approximate surface area is 113 Å². The van der Waals surface area contributed by atoms with E-state index >= 15 is 0 Å². The molecule has 0 spiro atoms. The van der Waals surface area contributed by atoms with E-state index in [1.807, 2.05) is 0 Å². The summed E-state index contributed by atoms with van der Waals surface area (Å²) in [5.74, 6) is -2.73. The van der Waals surface area contributed by atoms with Crippen molar-refractivity contribution < 1.29 is 19.5 Å². The van der Waals surface area contributed by atoms with Crippen LogP contribution in [-0.2, 0) is 0 Å². The minimum absolute atomic E-state index is 0.00302. The van der Waals surface area contributed by atoms with Crippen LogP contribution in [0.15, 0.2) is 42.7 Å². The van der Waals surface area contributed by atoms with Gasteiger partial charge in [-0.15, -0.1) is 0 Å². The molecule has 5 nitrogen and oxygen atoms in total. The molecule has 2 aromatic rings. The molecule has 0 fully saturated rings. The summed E-state index contributed by atoms with van der Waals surface area (Å²) in [5, 5.41) is 8.94. The maximum atomic E-state index is 12.3. The van der Waals surface area contributed by atoms with Crippen molar-refractivity contribution in [2.24, 2.45) is 0 Å². The third-order valence-corrected chi connectivity index (χ3v) is 3.34. The van der Waals surface area contributed by atoms with Crippen molar-refractivity contribution in [2.75, 3.05) is 0 Å². The van der Waals surface area contributed by atoms with E-state index < -0.39 is 11.9 Å². The van der Waals surface area contributed by atoms with E-state index in [9.17, 15) is 14.4 Å². The molecule has 1 aromatic heterocycles. The number of benzene rings is 1. The predicted octanol–water partition coefficient (Wildman–Crippen LogP) is 1.94. The van der Waals surface area contributed by atoms with E-state index in [1.54, 1.807) is 18.3 Å². The molecule has 0 bridgehead atoms. The fourth-order valence-electron chi connectivity index (χ4n) is 2.38. The number of nitrogens with zero attached hydrogens (tertiary/aromatic N) is 1. The monoisotopic (exact) mass is 267 g/mol. The number of carboxylic acid groups (broad SMARTS) is 1. The van der Waals surface area contributed by atoms with Gasteiger partial charge in [-0.05, 0) is 29.8 Å². The number of pyridine rings is 1. The molecule has 1 aromatic carbocycles. The van der Waals surface area contributed by atoms with Gasteiger partial charge in [-0.25, -0.2) is 4.79 Å². The summed E-state index contributed by atoms with van der Waals surface area (Å²) < 4.78 is 0. The highest BCUT2D eigenvalue weighted by Crippen LogP contribution is 2.34. The Morgan fingerprint density at radius 2 is 1.85 bits per heavy atom. The molecule has 1 aliphatic carbocycles. The third kappa shape index (κ3) is 1.72. The van der Waals surface area contributed by atoms with E-state index in [1.165, 1.54) is 24.4 Å². The van der Waals surface area contributed by atoms with Crippen LogP contribution in [0.2, 0.25) is 0 Å². The molecule has 20 heavy (non-hydrogen) atoms. The van der Waals surface area contributed by atoms with E-state index in [-0.39, 0.29) is 28.3 Å². The second-order valence-corrected chi connectivity index (χ2v) is 4.51. The van der Waals surface area contributed by atoms with Crippen molar-refractivity contribution >= 4 is 17.5 Å². The Balaban J connectivity index is 2.11. The van der Waals surface area contributed by atoms with Gasteiger partial charge in [-0.1, -0.05) is 6.07 Å². The molecule has 1 N–H and O–H groups in total. The van der Waals surface area contributed by atoms with Crippen LogP contribution >= 0.6 is 0 Å². The standard InChI is InChI=1S/C15H9NO4/c17-13-10-4-3-8(15(19)20)6-11(10)14(18)12(13)9-2-1-5-16-7-9/h1-7,12H,(H,19,20). The molecule has 5 heteroatoms. The number of carbonyl (C=O) groups is 3. The van der Waals surface area contributed by atoms with Crippen LogP contribution in [0.25, 0.3) is 0 Å². The van der Waals surface area contributed by atoms with Crippen LogP contribution in [0.5, 0.6) is 0 Å². The normalized spacial score (nSPS) is 17.1. The van der Waals surface area contributed by atoms with Crippen LogP contribution in [0.4, 0.5) is 0 Å². The highest BCUT2D eigenvalue weighted by Gasteiger charge is 2.39.